The van der Waals surface area contributed by atoms with Gasteiger partial charge in [0.1, 0.15) is 0 Å². The zero-order valence-electron chi connectivity index (χ0n) is 10.0. The van der Waals surface area contributed by atoms with E-state index in [1.807, 2.05) is 19.2 Å². The number of carbonyl (C=O) groups is 1. The number of anilines is 1. The Hall–Kier alpha value is -1.35. The van der Waals surface area contributed by atoms with E-state index in [9.17, 15) is 4.79 Å². The molecular formula is C13H20N2O. The lowest BCUT2D eigenvalue weighted by Crippen LogP contribution is -2.18. The van der Waals surface area contributed by atoms with Gasteiger partial charge in [0.2, 0.25) is 5.91 Å². The molecule has 0 aromatic heterocycles. The van der Waals surface area contributed by atoms with Crippen molar-refractivity contribution in [1.82, 2.24) is 5.32 Å². The van der Waals surface area contributed by atoms with Crippen LogP contribution in [0.4, 0.5) is 5.69 Å². The van der Waals surface area contributed by atoms with E-state index in [-0.39, 0.29) is 5.91 Å². The van der Waals surface area contributed by atoms with Crippen LogP contribution in [-0.2, 0) is 11.2 Å². The highest BCUT2D eigenvalue weighted by Crippen LogP contribution is 2.11. The average molecular weight is 220 g/mol. The normalized spacial score (nSPS) is 10.1. The Morgan fingerprint density at radius 1 is 1.25 bits per heavy atom. The van der Waals surface area contributed by atoms with Crippen molar-refractivity contribution in [1.29, 1.82) is 0 Å². The second-order valence-electron chi connectivity index (χ2n) is 3.85. The first kappa shape index (κ1) is 12.7. The molecule has 0 aliphatic rings. The summed E-state index contributed by atoms with van der Waals surface area (Å²) in [4.78, 5) is 11.4. The zero-order valence-corrected chi connectivity index (χ0v) is 10.0. The molecule has 0 atom stereocenters. The number of benzene rings is 1. The smallest absolute Gasteiger partial charge is 0.225 e. The Morgan fingerprint density at radius 3 is 2.50 bits per heavy atom. The predicted octanol–water partition coefficient (Wildman–Crippen LogP) is 2.19. The Morgan fingerprint density at radius 2 is 1.94 bits per heavy atom. The Balaban J connectivity index is 2.45. The van der Waals surface area contributed by atoms with Crippen molar-refractivity contribution in [3.8, 4) is 0 Å². The lowest BCUT2D eigenvalue weighted by Gasteiger charge is -2.06. The molecule has 0 saturated carbocycles. The molecule has 1 amide bonds. The van der Waals surface area contributed by atoms with Gasteiger partial charge in [-0.05, 0) is 31.2 Å². The molecule has 16 heavy (non-hydrogen) atoms. The molecule has 0 spiro atoms. The molecule has 0 bridgehead atoms. The molecule has 3 nitrogen and oxygen atoms in total. The molecule has 0 aliphatic heterocycles. The highest BCUT2D eigenvalue weighted by atomic mass is 16.1. The van der Waals surface area contributed by atoms with Gasteiger partial charge < -0.3 is 10.6 Å². The Bertz CT molecular complexity index is 319. The highest BCUT2D eigenvalue weighted by Gasteiger charge is 2.00. The molecule has 1 rings (SSSR count). The fraction of sp³-hybridized carbons (Fsp3) is 0.462. The monoisotopic (exact) mass is 220 g/mol. The quantitative estimate of drug-likeness (QED) is 0.771. The third-order valence-electron chi connectivity index (χ3n) is 2.38. The van der Waals surface area contributed by atoms with Crippen LogP contribution in [0.25, 0.3) is 0 Å². The van der Waals surface area contributed by atoms with Crippen LogP contribution >= 0.6 is 0 Å². The number of rotatable bonds is 6. The largest absolute Gasteiger partial charge is 0.326 e. The van der Waals surface area contributed by atoms with Gasteiger partial charge in [0.05, 0.1) is 0 Å². The standard InChI is InChI=1S/C13H20N2O/c1-3-4-11-5-7-12(8-6-11)15-13(16)9-10-14-2/h5-8,14H,3-4,9-10H2,1-2H3,(H,15,16). The van der Waals surface area contributed by atoms with E-state index in [0.29, 0.717) is 13.0 Å². The number of hydrogen-bond acceptors (Lipinski definition) is 2. The molecule has 2 N–H and O–H groups in total. The molecule has 88 valence electrons. The SMILES string of the molecule is CCCc1ccc(NC(=O)CCNC)cc1. The van der Waals surface area contributed by atoms with E-state index < -0.39 is 0 Å². The maximum Gasteiger partial charge on any atom is 0.225 e. The lowest BCUT2D eigenvalue weighted by molar-refractivity contribution is -0.116. The van der Waals surface area contributed by atoms with Crippen LogP contribution in [0.5, 0.6) is 0 Å². The molecule has 0 aliphatic carbocycles. The summed E-state index contributed by atoms with van der Waals surface area (Å²) in [7, 11) is 1.84. The first-order valence-electron chi connectivity index (χ1n) is 5.79. The molecule has 0 fully saturated rings. The Kier molecular flexibility index (Phi) is 5.57. The number of nitrogens with one attached hydrogen (secondary N) is 2. The lowest BCUT2D eigenvalue weighted by atomic mass is 10.1. The average Bonchev–Trinajstić information content (AvgIpc) is 2.29. The zero-order chi connectivity index (χ0) is 11.8. The summed E-state index contributed by atoms with van der Waals surface area (Å²) in [5, 5.41) is 5.82. The van der Waals surface area contributed by atoms with Crippen LogP contribution in [0, 0.1) is 0 Å². The molecule has 1 aromatic rings. The van der Waals surface area contributed by atoms with Crippen molar-refractivity contribution < 1.29 is 4.79 Å². The van der Waals surface area contributed by atoms with Gasteiger partial charge in [-0.25, -0.2) is 0 Å². The summed E-state index contributed by atoms with van der Waals surface area (Å²) >= 11 is 0. The molecule has 0 unspecified atom stereocenters. The van der Waals surface area contributed by atoms with Gasteiger partial charge in [-0.3, -0.25) is 4.79 Å². The van der Waals surface area contributed by atoms with Crippen LogP contribution in [0.2, 0.25) is 0 Å². The topological polar surface area (TPSA) is 41.1 Å². The summed E-state index contributed by atoms with van der Waals surface area (Å²) in [6.45, 7) is 2.87. The van der Waals surface area contributed by atoms with E-state index in [4.69, 9.17) is 0 Å². The number of aryl methyl sites for hydroxylation is 1. The third kappa shape index (κ3) is 4.45. The van der Waals surface area contributed by atoms with Gasteiger partial charge in [0.25, 0.3) is 0 Å². The Labute approximate surface area is 97.2 Å². The number of carbonyl (C=O) groups excluding carboxylic acids is 1. The summed E-state index contributed by atoms with van der Waals surface area (Å²) in [5.41, 5.74) is 2.19. The molecule has 0 radical (unpaired) electrons. The summed E-state index contributed by atoms with van der Waals surface area (Å²) in [6, 6.07) is 8.05. The fourth-order valence-corrected chi connectivity index (χ4v) is 1.51. The van der Waals surface area contributed by atoms with Gasteiger partial charge in [-0.2, -0.15) is 0 Å². The van der Waals surface area contributed by atoms with Gasteiger partial charge in [-0.15, -0.1) is 0 Å². The van der Waals surface area contributed by atoms with Crippen LogP contribution in [0.1, 0.15) is 25.3 Å². The van der Waals surface area contributed by atoms with E-state index in [0.717, 1.165) is 18.5 Å². The summed E-state index contributed by atoms with van der Waals surface area (Å²) < 4.78 is 0. The highest BCUT2D eigenvalue weighted by molar-refractivity contribution is 5.90. The predicted molar refractivity (Wildman–Crippen MR) is 67.6 cm³/mol. The van der Waals surface area contributed by atoms with Crippen molar-refractivity contribution in [3.63, 3.8) is 0 Å². The third-order valence-corrected chi connectivity index (χ3v) is 2.38. The van der Waals surface area contributed by atoms with Crippen molar-refractivity contribution in [2.45, 2.75) is 26.2 Å². The maximum atomic E-state index is 11.4. The van der Waals surface area contributed by atoms with Gasteiger partial charge >= 0.3 is 0 Å². The second-order valence-corrected chi connectivity index (χ2v) is 3.85. The van der Waals surface area contributed by atoms with Gasteiger partial charge in [0.15, 0.2) is 0 Å². The van der Waals surface area contributed by atoms with Crippen molar-refractivity contribution in [2.75, 3.05) is 18.9 Å². The first-order valence-corrected chi connectivity index (χ1v) is 5.79. The second kappa shape index (κ2) is 7.01. The molecule has 0 heterocycles. The summed E-state index contributed by atoms with van der Waals surface area (Å²) in [5.74, 6) is 0.0533. The van der Waals surface area contributed by atoms with Crippen LogP contribution in [0.3, 0.4) is 0 Å². The minimum absolute atomic E-state index is 0.0533. The first-order chi connectivity index (χ1) is 7.76. The maximum absolute atomic E-state index is 11.4. The van der Waals surface area contributed by atoms with Crippen LogP contribution < -0.4 is 10.6 Å². The van der Waals surface area contributed by atoms with Crippen LogP contribution in [0.15, 0.2) is 24.3 Å². The molecule has 1 aromatic carbocycles. The molecule has 0 saturated heterocycles. The van der Waals surface area contributed by atoms with Gasteiger partial charge in [-0.1, -0.05) is 25.5 Å². The van der Waals surface area contributed by atoms with Crippen molar-refractivity contribution in [3.05, 3.63) is 29.8 Å². The minimum Gasteiger partial charge on any atom is -0.326 e. The number of hydrogen-bond donors (Lipinski definition) is 2. The minimum atomic E-state index is 0.0533. The van der Waals surface area contributed by atoms with Crippen LogP contribution in [-0.4, -0.2) is 19.5 Å². The van der Waals surface area contributed by atoms with E-state index in [2.05, 4.69) is 29.7 Å². The molecular weight excluding hydrogens is 200 g/mol. The van der Waals surface area contributed by atoms with Gasteiger partial charge in [0, 0.05) is 18.7 Å². The fourth-order valence-electron chi connectivity index (χ4n) is 1.51. The van der Waals surface area contributed by atoms with E-state index >= 15 is 0 Å². The number of amides is 1. The molecule has 3 heteroatoms. The van der Waals surface area contributed by atoms with Crippen molar-refractivity contribution in [2.24, 2.45) is 0 Å². The summed E-state index contributed by atoms with van der Waals surface area (Å²) in [6.07, 6.45) is 2.75. The van der Waals surface area contributed by atoms with E-state index in [1.165, 1.54) is 5.56 Å². The van der Waals surface area contributed by atoms with E-state index in [1.54, 1.807) is 0 Å². The van der Waals surface area contributed by atoms with Crippen molar-refractivity contribution >= 4 is 11.6 Å².